The molecule has 0 bridgehead atoms. The van der Waals surface area contributed by atoms with Crippen LogP contribution in [0.5, 0.6) is 5.75 Å². The lowest BCUT2D eigenvalue weighted by atomic mass is 10.0. The summed E-state index contributed by atoms with van der Waals surface area (Å²) in [6, 6.07) is 10.0. The van der Waals surface area contributed by atoms with Crippen LogP contribution in [0.2, 0.25) is 0 Å². The molecule has 0 amide bonds. The van der Waals surface area contributed by atoms with Gasteiger partial charge in [0.25, 0.3) is 5.69 Å². The third-order valence-electron chi connectivity index (χ3n) is 3.46. The molecule has 110 valence electrons. The van der Waals surface area contributed by atoms with Gasteiger partial charge in [0.05, 0.1) is 11.0 Å². The lowest BCUT2D eigenvalue weighted by Crippen LogP contribution is -2.08. The van der Waals surface area contributed by atoms with Gasteiger partial charge in [0.2, 0.25) is 0 Å². The van der Waals surface area contributed by atoms with E-state index in [1.54, 1.807) is 12.1 Å². The summed E-state index contributed by atoms with van der Waals surface area (Å²) in [5, 5.41) is 24.1. The molecule has 0 aliphatic carbocycles. The summed E-state index contributed by atoms with van der Waals surface area (Å²) in [5.41, 5.74) is 3.39. The molecule has 5 nitrogen and oxygen atoms in total. The Morgan fingerprint density at radius 3 is 2.52 bits per heavy atom. The van der Waals surface area contributed by atoms with Crippen LogP contribution in [0.1, 0.15) is 29.7 Å². The fourth-order valence-electron chi connectivity index (χ4n) is 2.21. The van der Waals surface area contributed by atoms with Crippen molar-refractivity contribution < 1.29 is 10.0 Å². The van der Waals surface area contributed by atoms with E-state index in [1.807, 2.05) is 32.9 Å². The molecule has 2 rings (SSSR count). The van der Waals surface area contributed by atoms with Crippen LogP contribution in [0.25, 0.3) is 0 Å². The Labute approximate surface area is 123 Å². The van der Waals surface area contributed by atoms with Crippen molar-refractivity contribution in [3.05, 3.63) is 63.2 Å². The van der Waals surface area contributed by atoms with Crippen molar-refractivity contribution >= 4 is 11.4 Å². The molecule has 5 heteroatoms. The van der Waals surface area contributed by atoms with Crippen molar-refractivity contribution in [1.29, 1.82) is 0 Å². The van der Waals surface area contributed by atoms with Crippen molar-refractivity contribution in [3.63, 3.8) is 0 Å². The molecule has 0 heterocycles. The first kappa shape index (κ1) is 14.8. The molecule has 0 spiro atoms. The summed E-state index contributed by atoms with van der Waals surface area (Å²) in [6.07, 6.45) is 0. The zero-order valence-corrected chi connectivity index (χ0v) is 12.3. The molecule has 2 aromatic rings. The number of phenolic OH excluding ortho intramolecular Hbond substituents is 1. The smallest absolute Gasteiger partial charge is 0.271 e. The number of nitro benzene ring substituents is 1. The van der Waals surface area contributed by atoms with Crippen molar-refractivity contribution in [2.75, 3.05) is 5.32 Å². The maximum Gasteiger partial charge on any atom is 0.271 e. The number of phenols is 1. The van der Waals surface area contributed by atoms with Gasteiger partial charge in [-0.2, -0.15) is 0 Å². The number of rotatable bonds is 4. The van der Waals surface area contributed by atoms with Gasteiger partial charge >= 0.3 is 0 Å². The van der Waals surface area contributed by atoms with E-state index < -0.39 is 4.92 Å². The van der Waals surface area contributed by atoms with Crippen LogP contribution in [0.15, 0.2) is 36.4 Å². The summed E-state index contributed by atoms with van der Waals surface area (Å²) in [4.78, 5) is 10.4. The number of aryl methyl sites for hydroxylation is 2. The predicted molar refractivity (Wildman–Crippen MR) is 82.7 cm³/mol. The molecule has 0 aromatic heterocycles. The van der Waals surface area contributed by atoms with Crippen LogP contribution in [-0.2, 0) is 0 Å². The Morgan fingerprint density at radius 1 is 1.19 bits per heavy atom. The van der Waals surface area contributed by atoms with E-state index in [-0.39, 0.29) is 17.5 Å². The SMILES string of the molecule is Cc1ccc(C(C)Nc2cc([N+](=O)[O-])ccc2C)c(O)c1. The summed E-state index contributed by atoms with van der Waals surface area (Å²) >= 11 is 0. The minimum Gasteiger partial charge on any atom is -0.508 e. The molecule has 21 heavy (non-hydrogen) atoms. The van der Waals surface area contributed by atoms with Crippen molar-refractivity contribution in [3.8, 4) is 5.75 Å². The van der Waals surface area contributed by atoms with Gasteiger partial charge in [-0.25, -0.2) is 0 Å². The van der Waals surface area contributed by atoms with Gasteiger partial charge in [-0.3, -0.25) is 10.1 Å². The van der Waals surface area contributed by atoms with E-state index >= 15 is 0 Å². The summed E-state index contributed by atoms with van der Waals surface area (Å²) in [6.45, 7) is 5.70. The van der Waals surface area contributed by atoms with Crippen molar-refractivity contribution in [2.45, 2.75) is 26.8 Å². The second-order valence-corrected chi connectivity index (χ2v) is 5.18. The molecule has 2 N–H and O–H groups in total. The Hall–Kier alpha value is -2.56. The second kappa shape index (κ2) is 5.83. The number of benzene rings is 2. The van der Waals surface area contributed by atoms with E-state index in [0.29, 0.717) is 5.69 Å². The summed E-state index contributed by atoms with van der Waals surface area (Å²) in [7, 11) is 0. The van der Waals surface area contributed by atoms with Crippen LogP contribution in [0.4, 0.5) is 11.4 Å². The third-order valence-corrected chi connectivity index (χ3v) is 3.46. The largest absolute Gasteiger partial charge is 0.508 e. The monoisotopic (exact) mass is 286 g/mol. The normalized spacial score (nSPS) is 12.0. The molecular weight excluding hydrogens is 268 g/mol. The molecule has 0 radical (unpaired) electrons. The average molecular weight is 286 g/mol. The third kappa shape index (κ3) is 3.31. The number of anilines is 1. The molecular formula is C16H18N2O3. The molecule has 0 fully saturated rings. The maximum absolute atomic E-state index is 10.8. The first-order valence-corrected chi connectivity index (χ1v) is 6.69. The van der Waals surface area contributed by atoms with E-state index in [4.69, 9.17) is 0 Å². The molecule has 0 aliphatic rings. The van der Waals surface area contributed by atoms with Crippen LogP contribution in [0.3, 0.4) is 0 Å². The number of aromatic hydroxyl groups is 1. The average Bonchev–Trinajstić information content (AvgIpc) is 2.40. The predicted octanol–water partition coefficient (Wildman–Crippen LogP) is 4.09. The second-order valence-electron chi connectivity index (χ2n) is 5.18. The zero-order valence-electron chi connectivity index (χ0n) is 12.3. The Balaban J connectivity index is 2.28. The lowest BCUT2D eigenvalue weighted by molar-refractivity contribution is -0.384. The van der Waals surface area contributed by atoms with E-state index in [1.165, 1.54) is 12.1 Å². The van der Waals surface area contributed by atoms with Crippen molar-refractivity contribution in [1.82, 2.24) is 0 Å². The highest BCUT2D eigenvalue weighted by Gasteiger charge is 2.14. The molecule has 0 saturated heterocycles. The number of hydrogen-bond donors (Lipinski definition) is 2. The van der Waals surface area contributed by atoms with Crippen molar-refractivity contribution in [2.24, 2.45) is 0 Å². The number of nitro groups is 1. The van der Waals surface area contributed by atoms with Crippen LogP contribution in [0, 0.1) is 24.0 Å². The standard InChI is InChI=1S/C16H18N2O3/c1-10-4-7-14(16(19)8-10)12(3)17-15-9-13(18(20)21)6-5-11(15)2/h4-9,12,17,19H,1-3H3. The zero-order chi connectivity index (χ0) is 15.6. The molecule has 2 aromatic carbocycles. The summed E-state index contributed by atoms with van der Waals surface area (Å²) < 4.78 is 0. The highest BCUT2D eigenvalue weighted by molar-refractivity contribution is 5.58. The highest BCUT2D eigenvalue weighted by atomic mass is 16.6. The van der Waals surface area contributed by atoms with Crippen LogP contribution >= 0.6 is 0 Å². The number of nitrogens with one attached hydrogen (secondary N) is 1. The van der Waals surface area contributed by atoms with E-state index in [9.17, 15) is 15.2 Å². The minimum atomic E-state index is -0.418. The van der Waals surface area contributed by atoms with Gasteiger partial charge in [0.1, 0.15) is 5.75 Å². The maximum atomic E-state index is 10.8. The van der Waals surface area contributed by atoms with Gasteiger partial charge in [-0.1, -0.05) is 18.2 Å². The Bertz CT molecular complexity index is 683. The molecule has 1 atom stereocenters. The molecule has 0 saturated carbocycles. The topological polar surface area (TPSA) is 75.4 Å². The fourth-order valence-corrected chi connectivity index (χ4v) is 2.21. The first-order valence-electron chi connectivity index (χ1n) is 6.69. The number of hydrogen-bond acceptors (Lipinski definition) is 4. The highest BCUT2D eigenvalue weighted by Crippen LogP contribution is 2.30. The Kier molecular flexibility index (Phi) is 4.12. The van der Waals surface area contributed by atoms with Crippen LogP contribution in [-0.4, -0.2) is 10.0 Å². The lowest BCUT2D eigenvalue weighted by Gasteiger charge is -2.18. The summed E-state index contributed by atoms with van der Waals surface area (Å²) in [5.74, 6) is 0.220. The molecule has 0 aliphatic heterocycles. The van der Waals surface area contributed by atoms with Gasteiger partial charge in [0.15, 0.2) is 0 Å². The van der Waals surface area contributed by atoms with Gasteiger partial charge < -0.3 is 10.4 Å². The first-order chi connectivity index (χ1) is 9.88. The molecule has 1 unspecified atom stereocenters. The van der Waals surface area contributed by atoms with E-state index in [2.05, 4.69) is 5.32 Å². The quantitative estimate of drug-likeness (QED) is 0.655. The van der Waals surface area contributed by atoms with Gasteiger partial charge in [0, 0.05) is 23.4 Å². The van der Waals surface area contributed by atoms with Crippen LogP contribution < -0.4 is 5.32 Å². The van der Waals surface area contributed by atoms with Gasteiger partial charge in [-0.15, -0.1) is 0 Å². The Morgan fingerprint density at radius 2 is 1.90 bits per heavy atom. The van der Waals surface area contributed by atoms with E-state index in [0.717, 1.165) is 16.7 Å². The minimum absolute atomic E-state index is 0.0448. The fraction of sp³-hybridized carbons (Fsp3) is 0.250. The number of nitrogens with zero attached hydrogens (tertiary/aromatic N) is 1. The number of non-ortho nitro benzene ring substituents is 1. The van der Waals surface area contributed by atoms with Gasteiger partial charge in [-0.05, 0) is 38.0 Å².